The molecule has 1 aliphatic carbocycles. The molecule has 0 unspecified atom stereocenters. The van der Waals surface area contributed by atoms with Crippen LogP contribution in [0.5, 0.6) is 0 Å². The van der Waals surface area contributed by atoms with E-state index in [1.165, 1.54) is 5.56 Å². The summed E-state index contributed by atoms with van der Waals surface area (Å²) in [6, 6.07) is 12.5. The van der Waals surface area contributed by atoms with E-state index in [1.807, 2.05) is 12.1 Å². The third-order valence-corrected chi connectivity index (χ3v) is 3.61. The van der Waals surface area contributed by atoms with Gasteiger partial charge in [-0.25, -0.2) is 4.98 Å². The first kappa shape index (κ1) is 12.9. The molecule has 1 aromatic heterocycles. The van der Waals surface area contributed by atoms with Gasteiger partial charge in [-0.2, -0.15) is 4.98 Å². The van der Waals surface area contributed by atoms with E-state index in [4.69, 9.17) is 11.5 Å². The average Bonchev–Trinajstić information content (AvgIpc) is 3.26. The zero-order valence-electron chi connectivity index (χ0n) is 11.3. The number of nitrogens with one attached hydrogen (secondary N) is 1. The molecule has 0 saturated heterocycles. The van der Waals surface area contributed by atoms with Crippen molar-refractivity contribution in [1.29, 1.82) is 0 Å². The van der Waals surface area contributed by atoms with Crippen molar-refractivity contribution in [2.45, 2.75) is 18.3 Å². The third kappa shape index (κ3) is 2.72. The van der Waals surface area contributed by atoms with Gasteiger partial charge in [0, 0.05) is 25.1 Å². The zero-order chi connectivity index (χ0) is 13.9. The highest BCUT2D eigenvalue weighted by molar-refractivity contribution is 5.44. The van der Waals surface area contributed by atoms with Crippen LogP contribution in [0.1, 0.15) is 29.5 Å². The normalized spacial score (nSPS) is 20.6. The minimum Gasteiger partial charge on any atom is -0.369 e. The monoisotopic (exact) mass is 269 g/mol. The van der Waals surface area contributed by atoms with Gasteiger partial charge in [-0.15, -0.1) is 0 Å². The van der Waals surface area contributed by atoms with Crippen molar-refractivity contribution in [1.82, 2.24) is 9.97 Å². The second-order valence-electron chi connectivity index (χ2n) is 5.11. The van der Waals surface area contributed by atoms with E-state index >= 15 is 0 Å². The van der Waals surface area contributed by atoms with E-state index in [2.05, 4.69) is 39.6 Å². The maximum absolute atomic E-state index is 5.79. The van der Waals surface area contributed by atoms with Crippen LogP contribution in [0, 0.1) is 0 Å². The fourth-order valence-electron chi connectivity index (χ4n) is 2.56. The number of nitrogens with zero attached hydrogens (tertiary/aromatic N) is 2. The summed E-state index contributed by atoms with van der Waals surface area (Å²) in [4.78, 5) is 8.55. The van der Waals surface area contributed by atoms with E-state index in [9.17, 15) is 0 Å². The molecular weight excluding hydrogens is 250 g/mol. The molecule has 0 bridgehead atoms. The topological polar surface area (TPSA) is 89.8 Å². The minimum absolute atomic E-state index is 0.320. The van der Waals surface area contributed by atoms with Gasteiger partial charge in [0.05, 0.1) is 5.69 Å². The molecule has 2 aromatic rings. The zero-order valence-corrected chi connectivity index (χ0v) is 11.3. The first-order valence-electron chi connectivity index (χ1n) is 6.91. The Morgan fingerprint density at radius 1 is 1.15 bits per heavy atom. The van der Waals surface area contributed by atoms with Gasteiger partial charge in [0.25, 0.3) is 0 Å². The van der Waals surface area contributed by atoms with E-state index in [-0.39, 0.29) is 0 Å². The summed E-state index contributed by atoms with van der Waals surface area (Å²) < 4.78 is 0. The maximum atomic E-state index is 5.79. The van der Waals surface area contributed by atoms with Crippen molar-refractivity contribution in [3.8, 4) is 0 Å². The second kappa shape index (κ2) is 5.46. The van der Waals surface area contributed by atoms with Crippen LogP contribution >= 0.6 is 0 Å². The molecule has 3 rings (SSSR count). The lowest BCUT2D eigenvalue weighted by molar-refractivity contribution is 0.943. The number of aromatic nitrogens is 2. The molecule has 5 nitrogen and oxygen atoms in total. The summed E-state index contributed by atoms with van der Waals surface area (Å²) in [5.74, 6) is 2.08. The van der Waals surface area contributed by atoms with Gasteiger partial charge in [-0.1, -0.05) is 30.3 Å². The number of nitrogens with two attached hydrogens (primary N) is 2. The predicted molar refractivity (Wildman–Crippen MR) is 80.5 cm³/mol. The number of hydrogen-bond acceptors (Lipinski definition) is 5. The molecule has 1 aromatic carbocycles. The Labute approximate surface area is 118 Å². The summed E-state index contributed by atoms with van der Waals surface area (Å²) in [6.07, 6.45) is 1.12. The van der Waals surface area contributed by atoms with Gasteiger partial charge in [0.15, 0.2) is 0 Å². The van der Waals surface area contributed by atoms with Crippen molar-refractivity contribution in [3.63, 3.8) is 0 Å². The molecule has 0 aliphatic heterocycles. The Morgan fingerprint density at radius 2 is 1.95 bits per heavy atom. The predicted octanol–water partition coefficient (Wildman–Crippen LogP) is 1.70. The molecule has 20 heavy (non-hydrogen) atoms. The quantitative estimate of drug-likeness (QED) is 0.768. The van der Waals surface area contributed by atoms with Crippen molar-refractivity contribution >= 4 is 11.8 Å². The molecule has 1 fully saturated rings. The number of nitrogen functional groups attached to an aromatic ring is 1. The fraction of sp³-hybridized carbons (Fsp3) is 0.333. The number of anilines is 2. The maximum Gasteiger partial charge on any atom is 0.222 e. The van der Waals surface area contributed by atoms with E-state index < -0.39 is 0 Å². The highest BCUT2D eigenvalue weighted by atomic mass is 15.1. The van der Waals surface area contributed by atoms with Crippen LogP contribution in [0.15, 0.2) is 36.4 Å². The van der Waals surface area contributed by atoms with Crippen molar-refractivity contribution in [3.05, 3.63) is 47.7 Å². The summed E-state index contributed by atoms with van der Waals surface area (Å²) in [5, 5.41) is 3.16. The standard InChI is InChI=1S/C15H19N5/c16-6-7-18-14-9-13(19-15(17)20-14)12-8-11(12)10-4-2-1-3-5-10/h1-5,9,11-12H,6-8,16H2,(H3,17,18,19,20)/t11-,12+/m0/s1. The largest absolute Gasteiger partial charge is 0.369 e. The summed E-state index contributed by atoms with van der Waals surface area (Å²) in [5.41, 5.74) is 13.7. The van der Waals surface area contributed by atoms with Gasteiger partial charge >= 0.3 is 0 Å². The number of benzene rings is 1. The smallest absolute Gasteiger partial charge is 0.222 e. The Hall–Kier alpha value is -2.14. The molecule has 5 heteroatoms. The van der Waals surface area contributed by atoms with Crippen LogP contribution in [-0.4, -0.2) is 23.1 Å². The van der Waals surface area contributed by atoms with Crippen LogP contribution in [0.4, 0.5) is 11.8 Å². The lowest BCUT2D eigenvalue weighted by Crippen LogP contribution is -2.15. The Bertz CT molecular complexity index is 584. The first-order valence-corrected chi connectivity index (χ1v) is 6.91. The van der Waals surface area contributed by atoms with Gasteiger partial charge in [-0.3, -0.25) is 0 Å². The van der Waals surface area contributed by atoms with Gasteiger partial charge in [0.1, 0.15) is 5.82 Å². The molecule has 1 saturated carbocycles. The summed E-state index contributed by atoms with van der Waals surface area (Å²) in [6.45, 7) is 1.25. The van der Waals surface area contributed by atoms with E-state index in [1.54, 1.807) is 0 Å². The molecule has 5 N–H and O–H groups in total. The first-order chi connectivity index (χ1) is 9.78. The molecule has 104 valence electrons. The lowest BCUT2D eigenvalue weighted by Gasteiger charge is -2.07. The average molecular weight is 269 g/mol. The Balaban J connectivity index is 1.77. The lowest BCUT2D eigenvalue weighted by atomic mass is 10.1. The van der Waals surface area contributed by atoms with Crippen LogP contribution in [0.2, 0.25) is 0 Å². The molecular formula is C15H19N5. The highest BCUT2D eigenvalue weighted by Gasteiger charge is 2.40. The Kier molecular flexibility index (Phi) is 3.52. The van der Waals surface area contributed by atoms with Crippen molar-refractivity contribution in [2.24, 2.45) is 5.73 Å². The van der Waals surface area contributed by atoms with Crippen molar-refractivity contribution < 1.29 is 0 Å². The fourth-order valence-corrected chi connectivity index (χ4v) is 2.56. The molecule has 2 atom stereocenters. The molecule has 0 amide bonds. The summed E-state index contributed by atoms with van der Waals surface area (Å²) in [7, 11) is 0. The Morgan fingerprint density at radius 3 is 2.70 bits per heavy atom. The van der Waals surface area contributed by atoms with Crippen LogP contribution in [0.3, 0.4) is 0 Å². The van der Waals surface area contributed by atoms with Crippen LogP contribution in [-0.2, 0) is 0 Å². The van der Waals surface area contributed by atoms with E-state index in [0.717, 1.165) is 17.9 Å². The van der Waals surface area contributed by atoms with Gasteiger partial charge in [0.2, 0.25) is 5.95 Å². The van der Waals surface area contributed by atoms with Gasteiger partial charge in [-0.05, 0) is 17.9 Å². The molecule has 0 radical (unpaired) electrons. The van der Waals surface area contributed by atoms with Gasteiger partial charge < -0.3 is 16.8 Å². The molecule has 0 spiro atoms. The van der Waals surface area contributed by atoms with Crippen LogP contribution < -0.4 is 16.8 Å². The summed E-state index contributed by atoms with van der Waals surface area (Å²) >= 11 is 0. The SMILES string of the molecule is NCCNc1cc([C@@H]2C[C@H]2c2ccccc2)nc(N)n1. The van der Waals surface area contributed by atoms with E-state index in [0.29, 0.717) is 30.9 Å². The number of hydrogen-bond donors (Lipinski definition) is 3. The highest BCUT2D eigenvalue weighted by Crippen LogP contribution is 2.54. The van der Waals surface area contributed by atoms with Crippen molar-refractivity contribution in [2.75, 3.05) is 24.1 Å². The molecule has 1 aliphatic rings. The molecule has 1 heterocycles. The minimum atomic E-state index is 0.320. The van der Waals surface area contributed by atoms with Crippen LogP contribution in [0.25, 0.3) is 0 Å². The number of rotatable bonds is 5. The second-order valence-corrected chi connectivity index (χ2v) is 5.11. The third-order valence-electron chi connectivity index (χ3n) is 3.61.